The summed E-state index contributed by atoms with van der Waals surface area (Å²) in [5.41, 5.74) is 2.96. The van der Waals surface area contributed by atoms with E-state index in [1.807, 2.05) is 19.1 Å². The highest BCUT2D eigenvalue weighted by Crippen LogP contribution is 2.44. The van der Waals surface area contributed by atoms with Crippen LogP contribution in [0.5, 0.6) is 5.75 Å². The highest BCUT2D eigenvalue weighted by atomic mass is 35.5. The standard InChI is InChI=1S/C25H25Cl3N4O2/c1-4-13-11-19(34-3)23(28)21(22(13)27)14-9-15-12-29-25(32-24(15)16(26)10-14)31-18-8-6-7-17(18)30-20(33)5-2/h5,9-12,17-18H,2,4,6-8H2,1,3H3,(H,30,33)(H,29,31,32)/t17-,18+/m0/s1. The number of rotatable bonds is 7. The van der Waals surface area contributed by atoms with Gasteiger partial charge in [0, 0.05) is 29.2 Å². The van der Waals surface area contributed by atoms with E-state index in [9.17, 15) is 4.79 Å². The molecule has 1 aliphatic carbocycles. The fraction of sp³-hybridized carbons (Fsp3) is 0.320. The van der Waals surface area contributed by atoms with Crippen LogP contribution in [0, 0.1) is 0 Å². The molecule has 0 saturated heterocycles. The molecule has 0 spiro atoms. The Bertz CT molecular complexity index is 1240. The summed E-state index contributed by atoms with van der Waals surface area (Å²) in [5, 5.41) is 8.51. The number of benzene rings is 2. The third kappa shape index (κ3) is 4.81. The van der Waals surface area contributed by atoms with Crippen LogP contribution in [0.15, 0.2) is 37.1 Å². The van der Waals surface area contributed by atoms with Crippen LogP contribution in [0.1, 0.15) is 31.7 Å². The summed E-state index contributed by atoms with van der Waals surface area (Å²) in [6.07, 6.45) is 6.52. The van der Waals surface area contributed by atoms with Crippen molar-refractivity contribution in [2.24, 2.45) is 0 Å². The van der Waals surface area contributed by atoms with Gasteiger partial charge in [-0.1, -0.05) is 48.3 Å². The Balaban J connectivity index is 1.69. The van der Waals surface area contributed by atoms with Gasteiger partial charge in [-0.3, -0.25) is 4.79 Å². The van der Waals surface area contributed by atoms with E-state index < -0.39 is 0 Å². The van der Waals surface area contributed by atoms with Gasteiger partial charge in [0.15, 0.2) is 0 Å². The van der Waals surface area contributed by atoms with Gasteiger partial charge in [0.25, 0.3) is 0 Å². The predicted molar refractivity (Wildman–Crippen MR) is 139 cm³/mol. The molecule has 0 aliphatic heterocycles. The number of amides is 1. The van der Waals surface area contributed by atoms with Crippen LogP contribution in [0.25, 0.3) is 22.0 Å². The predicted octanol–water partition coefficient (Wildman–Crippen LogP) is 6.46. The Labute approximate surface area is 213 Å². The van der Waals surface area contributed by atoms with E-state index in [0.717, 1.165) is 42.2 Å². The SMILES string of the molecule is C=CC(=O)N[C@H]1CCC[C@H]1Nc1ncc2cc(-c3c(Cl)c(CC)cc(OC)c3Cl)cc(Cl)c2n1. The molecule has 9 heteroatoms. The Morgan fingerprint density at radius 2 is 1.97 bits per heavy atom. The minimum absolute atomic E-state index is 0.00671. The molecule has 1 saturated carbocycles. The fourth-order valence-electron chi connectivity index (χ4n) is 4.35. The van der Waals surface area contributed by atoms with Gasteiger partial charge in [-0.05, 0) is 61.1 Å². The van der Waals surface area contributed by atoms with Crippen LogP contribution in [-0.4, -0.2) is 35.1 Å². The first kappa shape index (κ1) is 24.6. The molecule has 1 heterocycles. The van der Waals surface area contributed by atoms with E-state index in [4.69, 9.17) is 39.5 Å². The second-order valence-electron chi connectivity index (χ2n) is 8.18. The number of nitrogens with zero attached hydrogens (tertiary/aromatic N) is 2. The second-order valence-corrected chi connectivity index (χ2v) is 9.35. The summed E-state index contributed by atoms with van der Waals surface area (Å²) in [7, 11) is 1.58. The van der Waals surface area contributed by atoms with Crippen molar-refractivity contribution in [2.45, 2.75) is 44.7 Å². The van der Waals surface area contributed by atoms with E-state index in [1.165, 1.54) is 6.08 Å². The average molecular weight is 520 g/mol. The molecule has 4 rings (SSSR count). The summed E-state index contributed by atoms with van der Waals surface area (Å²) in [5.74, 6) is 0.826. The zero-order chi connectivity index (χ0) is 24.4. The van der Waals surface area contributed by atoms with E-state index in [-0.39, 0.29) is 18.0 Å². The van der Waals surface area contributed by atoms with E-state index in [0.29, 0.717) is 37.8 Å². The molecular weight excluding hydrogens is 495 g/mol. The number of nitrogens with one attached hydrogen (secondary N) is 2. The van der Waals surface area contributed by atoms with Crippen molar-refractivity contribution in [3.8, 4) is 16.9 Å². The summed E-state index contributed by atoms with van der Waals surface area (Å²) in [6.45, 7) is 5.54. The summed E-state index contributed by atoms with van der Waals surface area (Å²) in [6, 6.07) is 5.59. The molecular formula is C25H25Cl3N4O2. The molecule has 2 aromatic carbocycles. The third-order valence-corrected chi connectivity index (χ3v) is 7.21. The number of carbonyl (C=O) groups is 1. The molecule has 178 valence electrons. The summed E-state index contributed by atoms with van der Waals surface area (Å²) < 4.78 is 5.45. The number of aryl methyl sites for hydroxylation is 1. The maximum Gasteiger partial charge on any atom is 0.243 e. The Kier molecular flexibility index (Phi) is 7.51. The van der Waals surface area contributed by atoms with Gasteiger partial charge in [0.05, 0.1) is 27.7 Å². The fourth-order valence-corrected chi connectivity index (χ4v) is 5.40. The normalized spacial score (nSPS) is 17.6. The average Bonchev–Trinajstić information content (AvgIpc) is 3.26. The summed E-state index contributed by atoms with van der Waals surface area (Å²) in [4.78, 5) is 20.9. The number of carbonyl (C=O) groups excluding carboxylic acids is 1. The summed E-state index contributed by atoms with van der Waals surface area (Å²) >= 11 is 20.0. The molecule has 2 N–H and O–H groups in total. The Hall–Kier alpha value is -2.54. The monoisotopic (exact) mass is 518 g/mol. The van der Waals surface area contributed by atoms with Crippen LogP contribution >= 0.6 is 34.8 Å². The van der Waals surface area contributed by atoms with Gasteiger partial charge in [-0.2, -0.15) is 0 Å². The lowest BCUT2D eigenvalue weighted by Gasteiger charge is -2.21. The van der Waals surface area contributed by atoms with Gasteiger partial charge in [0.2, 0.25) is 11.9 Å². The van der Waals surface area contributed by atoms with Gasteiger partial charge >= 0.3 is 0 Å². The van der Waals surface area contributed by atoms with Gasteiger partial charge in [0.1, 0.15) is 5.75 Å². The number of aromatic nitrogens is 2. The zero-order valence-corrected chi connectivity index (χ0v) is 21.2. The molecule has 1 aliphatic rings. The van der Waals surface area contributed by atoms with Crippen molar-refractivity contribution in [1.29, 1.82) is 0 Å². The maximum absolute atomic E-state index is 11.7. The van der Waals surface area contributed by atoms with Crippen LogP contribution in [0.2, 0.25) is 15.1 Å². The molecule has 1 fully saturated rings. The first-order valence-electron chi connectivity index (χ1n) is 11.1. The molecule has 0 bridgehead atoms. The van der Waals surface area contributed by atoms with Crippen LogP contribution < -0.4 is 15.4 Å². The largest absolute Gasteiger partial charge is 0.495 e. The molecule has 1 amide bonds. The molecule has 0 unspecified atom stereocenters. The lowest BCUT2D eigenvalue weighted by atomic mass is 9.99. The van der Waals surface area contributed by atoms with Crippen molar-refractivity contribution in [2.75, 3.05) is 12.4 Å². The number of hydrogen-bond donors (Lipinski definition) is 2. The molecule has 34 heavy (non-hydrogen) atoms. The van der Waals surface area contributed by atoms with E-state index in [1.54, 1.807) is 19.4 Å². The first-order valence-corrected chi connectivity index (χ1v) is 12.2. The van der Waals surface area contributed by atoms with Crippen LogP contribution in [-0.2, 0) is 11.2 Å². The van der Waals surface area contributed by atoms with Crippen LogP contribution in [0.3, 0.4) is 0 Å². The number of anilines is 1. The molecule has 6 nitrogen and oxygen atoms in total. The minimum Gasteiger partial charge on any atom is -0.495 e. The highest BCUT2D eigenvalue weighted by molar-refractivity contribution is 6.41. The van der Waals surface area contributed by atoms with E-state index >= 15 is 0 Å². The number of hydrogen-bond acceptors (Lipinski definition) is 5. The van der Waals surface area contributed by atoms with Crippen molar-refractivity contribution in [1.82, 2.24) is 15.3 Å². The molecule has 3 aromatic rings. The smallest absolute Gasteiger partial charge is 0.243 e. The Morgan fingerprint density at radius 3 is 2.68 bits per heavy atom. The van der Waals surface area contributed by atoms with Crippen molar-refractivity contribution >= 4 is 57.6 Å². The lowest BCUT2D eigenvalue weighted by Crippen LogP contribution is -2.42. The highest BCUT2D eigenvalue weighted by Gasteiger charge is 2.28. The number of ether oxygens (including phenoxy) is 1. The van der Waals surface area contributed by atoms with Crippen LogP contribution in [0.4, 0.5) is 5.95 Å². The third-order valence-electron chi connectivity index (χ3n) is 6.11. The van der Waals surface area contributed by atoms with E-state index in [2.05, 4.69) is 27.2 Å². The topological polar surface area (TPSA) is 76.1 Å². The Morgan fingerprint density at radius 1 is 1.21 bits per heavy atom. The number of halogens is 3. The minimum atomic E-state index is -0.185. The maximum atomic E-state index is 11.7. The van der Waals surface area contributed by atoms with Crippen molar-refractivity contribution < 1.29 is 9.53 Å². The van der Waals surface area contributed by atoms with Gasteiger partial charge < -0.3 is 15.4 Å². The van der Waals surface area contributed by atoms with Crippen molar-refractivity contribution in [3.63, 3.8) is 0 Å². The molecule has 2 atom stereocenters. The molecule has 1 aromatic heterocycles. The number of methoxy groups -OCH3 is 1. The quantitative estimate of drug-likeness (QED) is 0.350. The van der Waals surface area contributed by atoms with Crippen molar-refractivity contribution in [3.05, 3.63) is 57.7 Å². The first-order chi connectivity index (χ1) is 16.4. The van der Waals surface area contributed by atoms with Gasteiger partial charge in [-0.25, -0.2) is 9.97 Å². The lowest BCUT2D eigenvalue weighted by molar-refractivity contribution is -0.117. The zero-order valence-electron chi connectivity index (χ0n) is 18.9. The molecule has 0 radical (unpaired) electrons. The second kappa shape index (κ2) is 10.4. The number of fused-ring (bicyclic) bond motifs is 1. The van der Waals surface area contributed by atoms with Gasteiger partial charge in [-0.15, -0.1) is 0 Å².